The molecule has 28 heavy (non-hydrogen) atoms. The molecular formula is C21H18FN3O3. The molecule has 0 aliphatic rings. The number of nitro groups is 1. The number of benzene rings is 3. The van der Waals surface area contributed by atoms with E-state index in [0.29, 0.717) is 5.56 Å². The maximum Gasteiger partial charge on any atom is 0.274 e. The van der Waals surface area contributed by atoms with Crippen molar-refractivity contribution in [1.29, 1.82) is 0 Å². The first kappa shape index (κ1) is 19.2. The van der Waals surface area contributed by atoms with Gasteiger partial charge in [0.1, 0.15) is 5.82 Å². The summed E-state index contributed by atoms with van der Waals surface area (Å²) in [7, 11) is 0. The van der Waals surface area contributed by atoms with Gasteiger partial charge < -0.3 is 11.1 Å². The molecule has 3 aromatic carbocycles. The lowest BCUT2D eigenvalue weighted by Crippen LogP contribution is -2.22. The second-order valence-corrected chi connectivity index (χ2v) is 6.24. The second kappa shape index (κ2) is 8.41. The quantitative estimate of drug-likeness (QED) is 0.483. The normalized spacial score (nSPS) is 11.8. The van der Waals surface area contributed by atoms with Crippen LogP contribution < -0.4 is 11.1 Å². The Labute approximate surface area is 161 Å². The van der Waals surface area contributed by atoms with Crippen molar-refractivity contribution >= 4 is 11.6 Å². The van der Waals surface area contributed by atoms with Crippen molar-refractivity contribution in [3.63, 3.8) is 0 Å². The molecule has 0 aromatic heterocycles. The van der Waals surface area contributed by atoms with Gasteiger partial charge >= 0.3 is 0 Å². The van der Waals surface area contributed by atoms with Gasteiger partial charge in [-0.1, -0.05) is 48.5 Å². The summed E-state index contributed by atoms with van der Waals surface area (Å²) in [5.41, 5.74) is 7.28. The van der Waals surface area contributed by atoms with Crippen molar-refractivity contribution in [2.45, 2.75) is 12.6 Å². The lowest BCUT2D eigenvalue weighted by atomic mass is 9.98. The molecule has 6 nitrogen and oxygen atoms in total. The largest absolute Gasteiger partial charge is 0.366 e. The fourth-order valence-electron chi connectivity index (χ4n) is 2.98. The van der Waals surface area contributed by atoms with E-state index in [4.69, 9.17) is 5.73 Å². The van der Waals surface area contributed by atoms with E-state index in [1.54, 1.807) is 12.1 Å². The first-order valence-corrected chi connectivity index (χ1v) is 8.56. The van der Waals surface area contributed by atoms with Crippen LogP contribution in [-0.4, -0.2) is 10.8 Å². The van der Waals surface area contributed by atoms with Crippen LogP contribution in [0.25, 0.3) is 0 Å². The van der Waals surface area contributed by atoms with Crippen LogP contribution in [0.15, 0.2) is 72.8 Å². The molecule has 1 amide bonds. The highest BCUT2D eigenvalue weighted by atomic mass is 19.1. The molecular weight excluding hydrogens is 361 g/mol. The summed E-state index contributed by atoms with van der Waals surface area (Å²) in [5.74, 6) is -1.07. The van der Waals surface area contributed by atoms with Crippen molar-refractivity contribution in [2.24, 2.45) is 5.73 Å². The Morgan fingerprint density at radius 1 is 1.04 bits per heavy atom. The summed E-state index contributed by atoms with van der Waals surface area (Å²) in [6.07, 6.45) is 0. The fraction of sp³-hybridized carbons (Fsp3) is 0.0952. The number of nitrogens with one attached hydrogen (secondary N) is 1. The predicted octanol–water partition coefficient (Wildman–Crippen LogP) is 3.71. The summed E-state index contributed by atoms with van der Waals surface area (Å²) in [4.78, 5) is 22.2. The summed E-state index contributed by atoms with van der Waals surface area (Å²) >= 11 is 0. The van der Waals surface area contributed by atoms with Crippen LogP contribution >= 0.6 is 0 Å². The third-order valence-electron chi connectivity index (χ3n) is 4.40. The monoisotopic (exact) mass is 379 g/mol. The SMILES string of the molecule is NC(=O)c1ccc(CN[C@H](c2ccccc2)c2ccc(F)cc2)c([N+](=O)[O-])c1. The van der Waals surface area contributed by atoms with Gasteiger partial charge in [0.05, 0.1) is 11.0 Å². The summed E-state index contributed by atoms with van der Waals surface area (Å²) < 4.78 is 13.3. The van der Waals surface area contributed by atoms with Gasteiger partial charge in [0.15, 0.2) is 0 Å². The number of rotatable bonds is 7. The number of carbonyl (C=O) groups is 1. The predicted molar refractivity (Wildman–Crippen MR) is 103 cm³/mol. The third kappa shape index (κ3) is 4.39. The number of nitro benzene ring substituents is 1. The minimum Gasteiger partial charge on any atom is -0.366 e. The molecule has 0 radical (unpaired) electrons. The Bertz CT molecular complexity index is 992. The van der Waals surface area contributed by atoms with Gasteiger partial charge in [0.2, 0.25) is 5.91 Å². The van der Waals surface area contributed by atoms with Gasteiger partial charge in [0.25, 0.3) is 5.69 Å². The second-order valence-electron chi connectivity index (χ2n) is 6.24. The van der Waals surface area contributed by atoms with E-state index in [0.717, 1.165) is 11.1 Å². The third-order valence-corrected chi connectivity index (χ3v) is 4.40. The number of amides is 1. The lowest BCUT2D eigenvalue weighted by molar-refractivity contribution is -0.385. The van der Waals surface area contributed by atoms with Crippen LogP contribution in [0.5, 0.6) is 0 Å². The molecule has 0 heterocycles. The molecule has 0 bridgehead atoms. The number of halogens is 1. The number of nitrogens with zero attached hydrogens (tertiary/aromatic N) is 1. The molecule has 3 rings (SSSR count). The van der Waals surface area contributed by atoms with Gasteiger partial charge in [-0.2, -0.15) is 0 Å². The standard InChI is InChI=1S/C21H18FN3O3/c22-18-10-8-15(9-11-18)20(14-4-2-1-3-5-14)24-13-17-7-6-16(21(23)26)12-19(17)25(27)28/h1-12,20,24H,13H2,(H2,23,26)/t20-/m1/s1. The molecule has 7 heteroatoms. The molecule has 3 aromatic rings. The van der Waals surface area contributed by atoms with Crippen LogP contribution in [0.2, 0.25) is 0 Å². The van der Waals surface area contributed by atoms with E-state index < -0.39 is 10.8 Å². The number of hydrogen-bond acceptors (Lipinski definition) is 4. The zero-order chi connectivity index (χ0) is 20.1. The Morgan fingerprint density at radius 2 is 1.68 bits per heavy atom. The van der Waals surface area contributed by atoms with Crippen LogP contribution in [-0.2, 0) is 6.54 Å². The van der Waals surface area contributed by atoms with Gasteiger partial charge in [0, 0.05) is 23.7 Å². The van der Waals surface area contributed by atoms with E-state index in [1.807, 2.05) is 30.3 Å². The van der Waals surface area contributed by atoms with Crippen molar-refractivity contribution in [2.75, 3.05) is 0 Å². The maximum atomic E-state index is 13.3. The average molecular weight is 379 g/mol. The van der Waals surface area contributed by atoms with Gasteiger partial charge in [-0.15, -0.1) is 0 Å². The smallest absolute Gasteiger partial charge is 0.274 e. The molecule has 0 saturated heterocycles. The zero-order valence-corrected chi connectivity index (χ0v) is 14.8. The van der Waals surface area contributed by atoms with E-state index in [9.17, 15) is 19.3 Å². The Hall–Kier alpha value is -3.58. The highest BCUT2D eigenvalue weighted by Crippen LogP contribution is 2.25. The number of carbonyl (C=O) groups excluding carboxylic acids is 1. The highest BCUT2D eigenvalue weighted by Gasteiger charge is 2.19. The van der Waals surface area contributed by atoms with Crippen LogP contribution in [0.4, 0.5) is 10.1 Å². The van der Waals surface area contributed by atoms with E-state index in [2.05, 4.69) is 5.32 Å². The lowest BCUT2D eigenvalue weighted by Gasteiger charge is -2.20. The van der Waals surface area contributed by atoms with Crippen LogP contribution in [0, 0.1) is 15.9 Å². The molecule has 0 unspecified atom stereocenters. The molecule has 0 fully saturated rings. The molecule has 3 N–H and O–H groups in total. The Kier molecular flexibility index (Phi) is 5.76. The Balaban J connectivity index is 1.91. The number of nitrogens with two attached hydrogens (primary N) is 1. The minimum atomic E-state index is -0.726. The van der Waals surface area contributed by atoms with Crippen molar-refractivity contribution in [3.8, 4) is 0 Å². The first-order chi connectivity index (χ1) is 13.5. The molecule has 0 aliphatic heterocycles. The van der Waals surface area contributed by atoms with Crippen molar-refractivity contribution < 1.29 is 14.1 Å². The van der Waals surface area contributed by atoms with E-state index in [-0.39, 0.29) is 29.7 Å². The van der Waals surface area contributed by atoms with Crippen molar-refractivity contribution in [1.82, 2.24) is 5.32 Å². The van der Waals surface area contributed by atoms with Crippen LogP contribution in [0.1, 0.15) is 33.1 Å². The van der Waals surface area contributed by atoms with Crippen molar-refractivity contribution in [3.05, 3.63) is 111 Å². The topological polar surface area (TPSA) is 98.3 Å². The number of primary amides is 1. The van der Waals surface area contributed by atoms with E-state index >= 15 is 0 Å². The first-order valence-electron chi connectivity index (χ1n) is 8.56. The summed E-state index contributed by atoms with van der Waals surface area (Å²) in [5, 5.41) is 14.7. The Morgan fingerprint density at radius 3 is 2.29 bits per heavy atom. The molecule has 142 valence electrons. The maximum absolute atomic E-state index is 13.3. The van der Waals surface area contributed by atoms with Gasteiger partial charge in [-0.05, 0) is 29.3 Å². The summed E-state index contributed by atoms with van der Waals surface area (Å²) in [6.45, 7) is 0.173. The molecule has 0 aliphatic carbocycles. The highest BCUT2D eigenvalue weighted by molar-refractivity contribution is 5.93. The molecule has 1 atom stereocenters. The average Bonchev–Trinajstić information content (AvgIpc) is 2.70. The minimum absolute atomic E-state index is 0.0774. The molecule has 0 spiro atoms. The van der Waals surface area contributed by atoms with Gasteiger partial charge in [-0.25, -0.2) is 4.39 Å². The van der Waals surface area contributed by atoms with E-state index in [1.165, 1.54) is 30.3 Å². The fourth-order valence-corrected chi connectivity index (χ4v) is 2.98. The zero-order valence-electron chi connectivity index (χ0n) is 14.8. The molecule has 0 saturated carbocycles. The number of hydrogen-bond donors (Lipinski definition) is 2. The van der Waals surface area contributed by atoms with Crippen LogP contribution in [0.3, 0.4) is 0 Å². The summed E-state index contributed by atoms with van der Waals surface area (Å²) in [6, 6.07) is 19.4. The van der Waals surface area contributed by atoms with Gasteiger partial charge in [-0.3, -0.25) is 14.9 Å².